The summed E-state index contributed by atoms with van der Waals surface area (Å²) in [5.74, 6) is 0. The van der Waals surface area contributed by atoms with Crippen molar-refractivity contribution >= 4 is 22.5 Å². The van der Waals surface area contributed by atoms with E-state index in [9.17, 15) is 0 Å². The number of aryl methyl sites for hydroxylation is 1. The van der Waals surface area contributed by atoms with Gasteiger partial charge in [-0.25, -0.2) is 0 Å². The molecule has 0 saturated carbocycles. The molecule has 1 aliphatic heterocycles. The molecular formula is C13H15ClN2. The summed E-state index contributed by atoms with van der Waals surface area (Å²) in [7, 11) is 0. The standard InChI is InChI=1S/C13H15ClN2/c1-7-5-10-9-3-4-11(14)8(2)13(9)16-12(10)6-15-7/h3-4,7,15-16H,5-6H2,1-2H3. The van der Waals surface area contributed by atoms with Crippen LogP contribution in [0.15, 0.2) is 12.1 Å². The van der Waals surface area contributed by atoms with Crippen LogP contribution >= 0.6 is 11.6 Å². The average Bonchev–Trinajstić information content (AvgIpc) is 2.62. The fraction of sp³-hybridized carbons (Fsp3) is 0.385. The van der Waals surface area contributed by atoms with Gasteiger partial charge < -0.3 is 10.3 Å². The Labute approximate surface area is 100.0 Å². The van der Waals surface area contributed by atoms with E-state index >= 15 is 0 Å². The van der Waals surface area contributed by atoms with Crippen molar-refractivity contribution < 1.29 is 0 Å². The molecule has 0 bridgehead atoms. The normalized spacial score (nSPS) is 20.1. The quantitative estimate of drug-likeness (QED) is 0.720. The van der Waals surface area contributed by atoms with Crippen molar-refractivity contribution in [3.05, 3.63) is 34.0 Å². The van der Waals surface area contributed by atoms with E-state index in [1.165, 1.54) is 22.2 Å². The number of hydrogen-bond donors (Lipinski definition) is 2. The predicted molar refractivity (Wildman–Crippen MR) is 68.1 cm³/mol. The van der Waals surface area contributed by atoms with Gasteiger partial charge in [0, 0.05) is 28.7 Å². The van der Waals surface area contributed by atoms with Crippen molar-refractivity contribution in [2.24, 2.45) is 0 Å². The first kappa shape index (κ1) is 10.2. The van der Waals surface area contributed by atoms with Gasteiger partial charge >= 0.3 is 0 Å². The lowest BCUT2D eigenvalue weighted by molar-refractivity contribution is 0.511. The van der Waals surface area contributed by atoms with Crippen LogP contribution in [0.3, 0.4) is 0 Å². The van der Waals surface area contributed by atoms with Crippen LogP contribution in [0.5, 0.6) is 0 Å². The number of H-pyrrole nitrogens is 1. The van der Waals surface area contributed by atoms with Crippen molar-refractivity contribution in [1.29, 1.82) is 0 Å². The third-order valence-corrected chi connectivity index (χ3v) is 3.91. The van der Waals surface area contributed by atoms with Crippen molar-refractivity contribution in [2.45, 2.75) is 32.9 Å². The molecule has 0 radical (unpaired) electrons. The number of hydrogen-bond acceptors (Lipinski definition) is 1. The second-order valence-electron chi connectivity index (χ2n) is 4.66. The number of nitrogens with one attached hydrogen (secondary N) is 2. The van der Waals surface area contributed by atoms with Crippen LogP contribution < -0.4 is 5.32 Å². The van der Waals surface area contributed by atoms with Gasteiger partial charge in [0.2, 0.25) is 0 Å². The molecule has 2 aromatic rings. The van der Waals surface area contributed by atoms with E-state index in [0.29, 0.717) is 6.04 Å². The summed E-state index contributed by atoms with van der Waals surface area (Å²) in [4.78, 5) is 3.50. The third kappa shape index (κ3) is 1.37. The van der Waals surface area contributed by atoms with Crippen LogP contribution in [0.1, 0.15) is 23.7 Å². The largest absolute Gasteiger partial charge is 0.357 e. The van der Waals surface area contributed by atoms with E-state index in [0.717, 1.165) is 23.6 Å². The highest BCUT2D eigenvalue weighted by Crippen LogP contribution is 2.31. The van der Waals surface area contributed by atoms with Crippen LogP contribution in [0, 0.1) is 6.92 Å². The summed E-state index contributed by atoms with van der Waals surface area (Å²) in [6.45, 7) is 5.23. The zero-order valence-electron chi connectivity index (χ0n) is 9.52. The second-order valence-corrected chi connectivity index (χ2v) is 5.07. The minimum Gasteiger partial charge on any atom is -0.357 e. The first-order valence-corrected chi connectivity index (χ1v) is 6.06. The van der Waals surface area contributed by atoms with E-state index in [4.69, 9.17) is 11.6 Å². The smallest absolute Gasteiger partial charge is 0.0504 e. The van der Waals surface area contributed by atoms with Gasteiger partial charge in [0.1, 0.15) is 0 Å². The number of rotatable bonds is 0. The van der Waals surface area contributed by atoms with E-state index in [-0.39, 0.29) is 0 Å². The highest BCUT2D eigenvalue weighted by atomic mass is 35.5. The number of aromatic nitrogens is 1. The van der Waals surface area contributed by atoms with Gasteiger partial charge in [-0.2, -0.15) is 0 Å². The fourth-order valence-corrected chi connectivity index (χ4v) is 2.68. The lowest BCUT2D eigenvalue weighted by Crippen LogP contribution is -2.32. The zero-order chi connectivity index (χ0) is 11.3. The van der Waals surface area contributed by atoms with Crippen LogP contribution in [0.4, 0.5) is 0 Å². The van der Waals surface area contributed by atoms with Crippen LogP contribution in [0.25, 0.3) is 10.9 Å². The Morgan fingerprint density at radius 1 is 1.38 bits per heavy atom. The van der Waals surface area contributed by atoms with Gasteiger partial charge in [0.15, 0.2) is 0 Å². The van der Waals surface area contributed by atoms with E-state index in [2.05, 4.69) is 30.2 Å². The van der Waals surface area contributed by atoms with Crippen molar-refractivity contribution in [3.8, 4) is 0 Å². The maximum absolute atomic E-state index is 6.14. The summed E-state index contributed by atoms with van der Waals surface area (Å²) in [5.41, 5.74) is 5.13. The van der Waals surface area contributed by atoms with Gasteiger partial charge in [0.25, 0.3) is 0 Å². The molecule has 2 heterocycles. The molecule has 0 fully saturated rings. The van der Waals surface area contributed by atoms with Gasteiger partial charge in [-0.15, -0.1) is 0 Å². The van der Waals surface area contributed by atoms with E-state index in [1.807, 2.05) is 6.07 Å². The molecule has 0 amide bonds. The maximum Gasteiger partial charge on any atom is 0.0504 e. The van der Waals surface area contributed by atoms with Crippen molar-refractivity contribution in [3.63, 3.8) is 0 Å². The molecule has 1 aromatic heterocycles. The van der Waals surface area contributed by atoms with E-state index < -0.39 is 0 Å². The molecule has 2 N–H and O–H groups in total. The third-order valence-electron chi connectivity index (χ3n) is 3.50. The molecule has 1 aromatic carbocycles. The predicted octanol–water partition coefficient (Wildman–Crippen LogP) is 3.16. The number of aromatic amines is 1. The minimum absolute atomic E-state index is 0.558. The topological polar surface area (TPSA) is 27.8 Å². The molecule has 0 aliphatic carbocycles. The Bertz CT molecular complexity index is 557. The summed E-state index contributed by atoms with van der Waals surface area (Å²) >= 11 is 6.14. The Kier molecular flexibility index (Phi) is 2.23. The molecule has 1 unspecified atom stereocenters. The number of fused-ring (bicyclic) bond motifs is 3. The molecule has 2 nitrogen and oxygen atoms in total. The zero-order valence-corrected chi connectivity index (χ0v) is 10.3. The van der Waals surface area contributed by atoms with Crippen molar-refractivity contribution in [2.75, 3.05) is 0 Å². The average molecular weight is 235 g/mol. The van der Waals surface area contributed by atoms with Crippen LogP contribution in [0.2, 0.25) is 5.02 Å². The Hall–Kier alpha value is -0.990. The monoisotopic (exact) mass is 234 g/mol. The maximum atomic E-state index is 6.14. The van der Waals surface area contributed by atoms with Gasteiger partial charge in [-0.3, -0.25) is 0 Å². The summed E-state index contributed by atoms with van der Waals surface area (Å²) in [5, 5.41) is 5.65. The van der Waals surface area contributed by atoms with Crippen LogP contribution in [-0.4, -0.2) is 11.0 Å². The lowest BCUT2D eigenvalue weighted by Gasteiger charge is -2.20. The van der Waals surface area contributed by atoms with Crippen molar-refractivity contribution in [1.82, 2.24) is 10.3 Å². The molecule has 3 heteroatoms. The molecule has 0 saturated heterocycles. The number of benzene rings is 1. The molecule has 16 heavy (non-hydrogen) atoms. The number of halogens is 1. The SMILES string of the molecule is Cc1c(Cl)ccc2c3c([nH]c12)CNC(C)C3. The Morgan fingerprint density at radius 2 is 2.19 bits per heavy atom. The molecule has 0 spiro atoms. The molecule has 1 aliphatic rings. The summed E-state index contributed by atoms with van der Waals surface area (Å²) < 4.78 is 0. The fourth-order valence-electron chi connectivity index (χ4n) is 2.53. The first-order valence-electron chi connectivity index (χ1n) is 5.68. The minimum atomic E-state index is 0.558. The summed E-state index contributed by atoms with van der Waals surface area (Å²) in [6, 6.07) is 4.69. The highest BCUT2D eigenvalue weighted by Gasteiger charge is 2.20. The lowest BCUT2D eigenvalue weighted by atomic mass is 9.99. The molecule has 3 rings (SSSR count). The Balaban J connectivity index is 2.29. The molecule has 84 valence electrons. The Morgan fingerprint density at radius 3 is 3.00 bits per heavy atom. The van der Waals surface area contributed by atoms with E-state index in [1.54, 1.807) is 0 Å². The van der Waals surface area contributed by atoms with Gasteiger partial charge in [-0.05, 0) is 37.5 Å². The molecular weight excluding hydrogens is 220 g/mol. The van der Waals surface area contributed by atoms with Gasteiger partial charge in [0.05, 0.1) is 5.52 Å². The molecule has 1 atom stereocenters. The van der Waals surface area contributed by atoms with Gasteiger partial charge in [-0.1, -0.05) is 17.7 Å². The van der Waals surface area contributed by atoms with Crippen LogP contribution in [-0.2, 0) is 13.0 Å². The second kappa shape index (κ2) is 3.51. The first-order chi connectivity index (χ1) is 7.66. The summed E-state index contributed by atoms with van der Waals surface area (Å²) in [6.07, 6.45) is 1.09. The highest BCUT2D eigenvalue weighted by molar-refractivity contribution is 6.32.